The predicted molar refractivity (Wildman–Crippen MR) is 92.3 cm³/mol. The largest absolute Gasteiger partial charge is 0.497 e. The number of carbonyl (C=O) groups is 2. The van der Waals surface area contributed by atoms with Gasteiger partial charge in [0.1, 0.15) is 17.3 Å². The molecular weight excluding hydrogens is 347 g/mol. The molecule has 25 heavy (non-hydrogen) atoms. The molecule has 0 heterocycles. The lowest BCUT2D eigenvalue weighted by Crippen LogP contribution is -2.42. The zero-order chi connectivity index (χ0) is 18.2. The zero-order valence-electron chi connectivity index (χ0n) is 13.7. The number of benzene rings is 2. The lowest BCUT2D eigenvalue weighted by molar-refractivity contribution is -0.119. The number of nitrogens with one attached hydrogen (secondary N) is 2. The van der Waals surface area contributed by atoms with E-state index in [1.54, 1.807) is 24.3 Å². The summed E-state index contributed by atoms with van der Waals surface area (Å²) in [6, 6.07) is 10.8. The summed E-state index contributed by atoms with van der Waals surface area (Å²) in [6.45, 7) is 0. The minimum Gasteiger partial charge on any atom is -0.497 e. The highest BCUT2D eigenvalue weighted by Gasteiger charge is 2.12. The van der Waals surface area contributed by atoms with Gasteiger partial charge in [-0.25, -0.2) is 4.39 Å². The molecule has 6 nitrogen and oxygen atoms in total. The molecule has 132 valence electrons. The molecule has 0 aliphatic carbocycles. The summed E-state index contributed by atoms with van der Waals surface area (Å²) in [5.74, 6) is -0.523. The van der Waals surface area contributed by atoms with Crippen LogP contribution in [-0.4, -0.2) is 31.8 Å². The second-order valence-electron chi connectivity index (χ2n) is 4.82. The number of methoxy groups -OCH3 is 2. The van der Waals surface area contributed by atoms with E-state index in [1.165, 1.54) is 32.4 Å². The summed E-state index contributed by atoms with van der Waals surface area (Å²) in [5, 5.41) is 0. The van der Waals surface area contributed by atoms with Crippen LogP contribution in [0.15, 0.2) is 47.4 Å². The SMILES string of the molecule is COc1cc(OC)cc(C(=O)NNC(=O)CSc2ccccc2F)c1. The fraction of sp³-hybridized carbons (Fsp3) is 0.176. The Bertz CT molecular complexity index is 748. The van der Waals surface area contributed by atoms with Crippen molar-refractivity contribution in [3.05, 3.63) is 53.8 Å². The number of halogens is 1. The first-order valence-corrected chi connectivity index (χ1v) is 8.21. The molecule has 2 aromatic rings. The minimum atomic E-state index is -0.526. The van der Waals surface area contributed by atoms with Crippen LogP contribution in [0.3, 0.4) is 0 Å². The molecule has 0 unspecified atom stereocenters. The lowest BCUT2D eigenvalue weighted by atomic mass is 10.2. The lowest BCUT2D eigenvalue weighted by Gasteiger charge is -2.10. The van der Waals surface area contributed by atoms with E-state index in [0.29, 0.717) is 16.4 Å². The summed E-state index contributed by atoms with van der Waals surface area (Å²) in [6.07, 6.45) is 0. The van der Waals surface area contributed by atoms with Gasteiger partial charge < -0.3 is 9.47 Å². The van der Waals surface area contributed by atoms with E-state index in [9.17, 15) is 14.0 Å². The summed E-state index contributed by atoms with van der Waals surface area (Å²) in [7, 11) is 2.94. The molecule has 0 spiro atoms. The number of hydrazine groups is 1. The maximum atomic E-state index is 13.5. The molecule has 0 fully saturated rings. The van der Waals surface area contributed by atoms with Crippen LogP contribution in [0.2, 0.25) is 0 Å². The van der Waals surface area contributed by atoms with Crippen molar-refractivity contribution in [3.63, 3.8) is 0 Å². The van der Waals surface area contributed by atoms with Crippen molar-refractivity contribution in [2.75, 3.05) is 20.0 Å². The molecule has 0 aliphatic heterocycles. The summed E-state index contributed by atoms with van der Waals surface area (Å²) in [4.78, 5) is 24.3. The fourth-order valence-electron chi connectivity index (χ4n) is 1.88. The molecule has 2 rings (SSSR count). The third-order valence-corrected chi connectivity index (χ3v) is 4.17. The van der Waals surface area contributed by atoms with Crippen LogP contribution in [-0.2, 0) is 4.79 Å². The van der Waals surface area contributed by atoms with E-state index >= 15 is 0 Å². The van der Waals surface area contributed by atoms with Crippen molar-refractivity contribution in [1.29, 1.82) is 0 Å². The number of carbonyl (C=O) groups excluding carboxylic acids is 2. The second kappa shape index (κ2) is 8.93. The molecule has 0 atom stereocenters. The third kappa shape index (κ3) is 5.39. The average molecular weight is 364 g/mol. The predicted octanol–water partition coefficient (Wildman–Crippen LogP) is 2.40. The van der Waals surface area contributed by atoms with E-state index in [1.807, 2.05) is 0 Å². The first kappa shape index (κ1) is 18.6. The van der Waals surface area contributed by atoms with Gasteiger partial charge in [0.2, 0.25) is 5.91 Å². The molecule has 0 saturated heterocycles. The van der Waals surface area contributed by atoms with Gasteiger partial charge >= 0.3 is 0 Å². The van der Waals surface area contributed by atoms with Crippen molar-refractivity contribution in [1.82, 2.24) is 10.9 Å². The first-order chi connectivity index (χ1) is 12.0. The van der Waals surface area contributed by atoms with Gasteiger partial charge in [0.15, 0.2) is 0 Å². The highest BCUT2D eigenvalue weighted by molar-refractivity contribution is 8.00. The van der Waals surface area contributed by atoms with Crippen LogP contribution in [0.1, 0.15) is 10.4 Å². The normalized spacial score (nSPS) is 10.0. The summed E-state index contributed by atoms with van der Waals surface area (Å²) in [5.41, 5.74) is 4.84. The quantitative estimate of drug-likeness (QED) is 0.608. The molecule has 0 saturated carbocycles. The average Bonchev–Trinajstić information content (AvgIpc) is 2.64. The van der Waals surface area contributed by atoms with Gasteiger partial charge in [0, 0.05) is 16.5 Å². The van der Waals surface area contributed by atoms with E-state index in [4.69, 9.17) is 9.47 Å². The topological polar surface area (TPSA) is 76.7 Å². The smallest absolute Gasteiger partial charge is 0.269 e. The minimum absolute atomic E-state index is 0.0390. The zero-order valence-corrected chi connectivity index (χ0v) is 14.5. The Labute approximate surface area is 148 Å². The Balaban J connectivity index is 1.89. The number of ether oxygens (including phenoxy) is 2. The number of amides is 2. The molecule has 0 aromatic heterocycles. The maximum Gasteiger partial charge on any atom is 0.269 e. The van der Waals surface area contributed by atoms with Crippen LogP contribution in [0.4, 0.5) is 4.39 Å². The van der Waals surface area contributed by atoms with Crippen LogP contribution >= 0.6 is 11.8 Å². The number of hydrogen-bond donors (Lipinski definition) is 2. The summed E-state index contributed by atoms with van der Waals surface area (Å²) >= 11 is 1.04. The maximum absolute atomic E-state index is 13.5. The van der Waals surface area contributed by atoms with E-state index in [2.05, 4.69) is 10.9 Å². The van der Waals surface area contributed by atoms with Crippen molar-refractivity contribution in [3.8, 4) is 11.5 Å². The van der Waals surface area contributed by atoms with Crippen molar-refractivity contribution in [2.24, 2.45) is 0 Å². The number of hydrogen-bond acceptors (Lipinski definition) is 5. The highest BCUT2D eigenvalue weighted by Crippen LogP contribution is 2.22. The third-order valence-electron chi connectivity index (χ3n) is 3.12. The van der Waals surface area contributed by atoms with E-state index in [-0.39, 0.29) is 11.3 Å². The van der Waals surface area contributed by atoms with E-state index in [0.717, 1.165) is 11.8 Å². The van der Waals surface area contributed by atoms with Gasteiger partial charge in [0.05, 0.1) is 20.0 Å². The van der Waals surface area contributed by atoms with E-state index < -0.39 is 17.6 Å². The van der Waals surface area contributed by atoms with Gasteiger partial charge in [-0.1, -0.05) is 12.1 Å². The fourth-order valence-corrected chi connectivity index (χ4v) is 2.62. The molecule has 8 heteroatoms. The molecule has 2 amide bonds. The Hall–Kier alpha value is -2.74. The number of rotatable bonds is 6. The van der Waals surface area contributed by atoms with Gasteiger partial charge in [0.25, 0.3) is 5.91 Å². The second-order valence-corrected chi connectivity index (χ2v) is 5.84. The van der Waals surface area contributed by atoms with Crippen LogP contribution in [0.5, 0.6) is 11.5 Å². The Morgan fingerprint density at radius 2 is 1.68 bits per heavy atom. The first-order valence-electron chi connectivity index (χ1n) is 7.23. The van der Waals surface area contributed by atoms with Crippen molar-refractivity contribution < 1.29 is 23.5 Å². The Morgan fingerprint density at radius 1 is 1.04 bits per heavy atom. The van der Waals surface area contributed by atoms with Gasteiger partial charge in [-0.2, -0.15) is 0 Å². The molecule has 2 aromatic carbocycles. The van der Waals surface area contributed by atoms with Crippen molar-refractivity contribution in [2.45, 2.75) is 4.90 Å². The van der Waals surface area contributed by atoms with Gasteiger partial charge in [-0.3, -0.25) is 20.4 Å². The molecule has 0 aliphatic rings. The van der Waals surface area contributed by atoms with Gasteiger partial charge in [-0.05, 0) is 24.3 Å². The monoisotopic (exact) mass is 364 g/mol. The molecular formula is C17H17FN2O4S. The van der Waals surface area contributed by atoms with Gasteiger partial charge in [-0.15, -0.1) is 11.8 Å². The Kier molecular flexibility index (Phi) is 6.64. The summed E-state index contributed by atoms with van der Waals surface area (Å²) < 4.78 is 23.6. The highest BCUT2D eigenvalue weighted by atomic mass is 32.2. The van der Waals surface area contributed by atoms with Crippen LogP contribution in [0.25, 0.3) is 0 Å². The standard InChI is InChI=1S/C17H17FN2O4S/c1-23-12-7-11(8-13(9-12)24-2)17(22)20-19-16(21)10-25-15-6-4-3-5-14(15)18/h3-9H,10H2,1-2H3,(H,19,21)(H,20,22). The molecule has 2 N–H and O–H groups in total. The number of thioether (sulfide) groups is 1. The molecule has 0 radical (unpaired) electrons. The van der Waals surface area contributed by atoms with Crippen molar-refractivity contribution >= 4 is 23.6 Å². The Morgan fingerprint density at radius 3 is 2.28 bits per heavy atom. The molecule has 0 bridgehead atoms. The van der Waals surface area contributed by atoms with Crippen LogP contribution < -0.4 is 20.3 Å². The van der Waals surface area contributed by atoms with Crippen LogP contribution in [0, 0.1) is 5.82 Å².